The Morgan fingerprint density at radius 1 is 1.12 bits per heavy atom. The van der Waals surface area contributed by atoms with Crippen LogP contribution in [0.1, 0.15) is 37.3 Å². The lowest BCUT2D eigenvalue weighted by Crippen LogP contribution is -2.49. The minimum Gasteiger partial charge on any atom is -0.339 e. The number of piperidine rings is 1. The Balaban J connectivity index is 1.42. The fraction of sp³-hybridized carbons (Fsp3) is 0.526. The highest BCUT2D eigenvalue weighted by atomic mass is 16.2. The van der Waals surface area contributed by atoms with Gasteiger partial charge >= 0.3 is 0 Å². The highest BCUT2D eigenvalue weighted by Gasteiger charge is 2.35. The molecule has 0 unspecified atom stereocenters. The van der Waals surface area contributed by atoms with Crippen LogP contribution in [0, 0.1) is 0 Å². The van der Waals surface area contributed by atoms with E-state index in [0.717, 1.165) is 51.9 Å². The molecule has 25 heavy (non-hydrogen) atoms. The van der Waals surface area contributed by atoms with Gasteiger partial charge in [0.2, 0.25) is 5.91 Å². The van der Waals surface area contributed by atoms with Gasteiger partial charge in [-0.1, -0.05) is 30.3 Å². The summed E-state index contributed by atoms with van der Waals surface area (Å²) in [6.45, 7) is 3.47. The van der Waals surface area contributed by atoms with Crippen LogP contribution >= 0.6 is 0 Å². The fourth-order valence-electron chi connectivity index (χ4n) is 4.10. The first-order chi connectivity index (χ1) is 12.3. The maximum absolute atomic E-state index is 13.2. The third-order valence-corrected chi connectivity index (χ3v) is 5.40. The largest absolute Gasteiger partial charge is 0.339 e. The van der Waals surface area contributed by atoms with Gasteiger partial charge in [-0.3, -0.25) is 9.69 Å². The van der Waals surface area contributed by atoms with Gasteiger partial charge in [0.25, 0.3) is 0 Å². The summed E-state index contributed by atoms with van der Waals surface area (Å²) < 4.78 is 1.90. The molecule has 3 heterocycles. The molecule has 0 aliphatic carbocycles. The Morgan fingerprint density at radius 2 is 1.96 bits per heavy atom. The number of rotatable bonds is 4. The molecule has 132 valence electrons. The zero-order valence-corrected chi connectivity index (χ0v) is 14.5. The van der Waals surface area contributed by atoms with Crippen molar-refractivity contribution in [3.63, 3.8) is 0 Å². The van der Waals surface area contributed by atoms with Crippen molar-refractivity contribution in [1.29, 1.82) is 0 Å². The second kappa shape index (κ2) is 7.35. The summed E-state index contributed by atoms with van der Waals surface area (Å²) in [7, 11) is 0. The molecule has 0 radical (unpaired) electrons. The second-order valence-electron chi connectivity index (χ2n) is 7.07. The highest BCUT2D eigenvalue weighted by molar-refractivity contribution is 5.82. The number of benzene rings is 1. The molecule has 6 heteroatoms. The molecular weight excluding hydrogens is 314 g/mol. The summed E-state index contributed by atoms with van der Waals surface area (Å²) in [5.41, 5.74) is 1.28. The molecule has 0 saturated carbocycles. The van der Waals surface area contributed by atoms with E-state index in [1.54, 1.807) is 12.7 Å². The van der Waals surface area contributed by atoms with E-state index >= 15 is 0 Å². The first kappa shape index (κ1) is 16.3. The lowest BCUT2D eigenvalue weighted by molar-refractivity contribution is -0.137. The van der Waals surface area contributed by atoms with E-state index in [9.17, 15) is 4.79 Å². The normalized spacial score (nSPS) is 24.6. The minimum absolute atomic E-state index is 0.0229. The number of nitrogens with zero attached hydrogens (tertiary/aromatic N) is 5. The number of hydrogen-bond acceptors (Lipinski definition) is 4. The number of carbonyl (C=O) groups excluding carboxylic acids is 1. The molecule has 0 spiro atoms. The van der Waals surface area contributed by atoms with Crippen molar-refractivity contribution in [3.8, 4) is 0 Å². The van der Waals surface area contributed by atoms with Crippen molar-refractivity contribution >= 4 is 5.91 Å². The van der Waals surface area contributed by atoms with E-state index in [-0.39, 0.29) is 12.1 Å². The van der Waals surface area contributed by atoms with Crippen molar-refractivity contribution in [2.24, 2.45) is 0 Å². The predicted octanol–water partition coefficient (Wildman–Crippen LogP) is 2.11. The molecule has 0 N–H and O–H groups in total. The summed E-state index contributed by atoms with van der Waals surface area (Å²) in [4.78, 5) is 21.6. The van der Waals surface area contributed by atoms with Gasteiger partial charge in [-0.15, -0.1) is 0 Å². The van der Waals surface area contributed by atoms with Crippen molar-refractivity contribution in [2.45, 2.75) is 44.3 Å². The fourth-order valence-corrected chi connectivity index (χ4v) is 4.10. The van der Waals surface area contributed by atoms with Crippen LogP contribution < -0.4 is 0 Å². The molecule has 1 amide bonds. The van der Waals surface area contributed by atoms with Crippen LogP contribution in [0.5, 0.6) is 0 Å². The van der Waals surface area contributed by atoms with Crippen molar-refractivity contribution in [2.75, 3.05) is 19.6 Å². The minimum atomic E-state index is 0.0229. The molecule has 2 aliphatic heterocycles. The highest BCUT2D eigenvalue weighted by Crippen LogP contribution is 2.26. The molecule has 2 atom stereocenters. The van der Waals surface area contributed by atoms with Crippen LogP contribution in [0.25, 0.3) is 0 Å². The average Bonchev–Trinajstić information content (AvgIpc) is 3.34. The van der Waals surface area contributed by atoms with E-state index in [2.05, 4.69) is 39.2 Å². The standard InChI is InChI=1S/C19H25N5O/c25-19(23-11-4-8-17(13-23)24-15-20-14-21-24)18-9-5-10-22(18)12-16-6-2-1-3-7-16/h1-3,6-7,14-15,17-18H,4-5,8-13H2/t17-,18+/m0/s1. The molecule has 2 saturated heterocycles. The Kier molecular flexibility index (Phi) is 4.78. The summed E-state index contributed by atoms with van der Waals surface area (Å²) >= 11 is 0. The number of carbonyl (C=O) groups is 1. The monoisotopic (exact) mass is 339 g/mol. The summed E-state index contributed by atoms with van der Waals surface area (Å²) in [6, 6.07) is 10.7. The van der Waals surface area contributed by atoms with E-state index in [4.69, 9.17) is 0 Å². The Labute approximate surface area is 148 Å². The van der Waals surface area contributed by atoms with Gasteiger partial charge in [-0.05, 0) is 37.8 Å². The van der Waals surface area contributed by atoms with Crippen LogP contribution in [0.4, 0.5) is 0 Å². The van der Waals surface area contributed by atoms with Crippen molar-refractivity contribution < 1.29 is 4.79 Å². The van der Waals surface area contributed by atoms with Gasteiger partial charge in [0.15, 0.2) is 0 Å². The zero-order chi connectivity index (χ0) is 17.1. The summed E-state index contributed by atoms with van der Waals surface area (Å²) in [6.07, 6.45) is 7.49. The molecule has 2 fully saturated rings. The Bertz CT molecular complexity index is 687. The van der Waals surface area contributed by atoms with Gasteiger partial charge in [0, 0.05) is 19.6 Å². The van der Waals surface area contributed by atoms with Crippen LogP contribution in [-0.2, 0) is 11.3 Å². The Morgan fingerprint density at radius 3 is 2.76 bits per heavy atom. The maximum Gasteiger partial charge on any atom is 0.240 e. The summed E-state index contributed by atoms with van der Waals surface area (Å²) in [5.74, 6) is 0.290. The van der Waals surface area contributed by atoms with Crippen LogP contribution in [0.15, 0.2) is 43.0 Å². The van der Waals surface area contributed by atoms with Crippen LogP contribution in [0.2, 0.25) is 0 Å². The van der Waals surface area contributed by atoms with Crippen LogP contribution in [0.3, 0.4) is 0 Å². The van der Waals surface area contributed by atoms with Crippen molar-refractivity contribution in [3.05, 3.63) is 48.5 Å². The average molecular weight is 339 g/mol. The van der Waals surface area contributed by atoms with Gasteiger partial charge in [-0.25, -0.2) is 9.67 Å². The number of amides is 1. The predicted molar refractivity (Wildman–Crippen MR) is 94.7 cm³/mol. The lowest BCUT2D eigenvalue weighted by atomic mass is 10.0. The first-order valence-corrected chi connectivity index (χ1v) is 9.22. The number of hydrogen-bond donors (Lipinski definition) is 0. The number of likely N-dealkylation sites (tertiary alicyclic amines) is 2. The molecule has 1 aromatic heterocycles. The lowest BCUT2D eigenvalue weighted by Gasteiger charge is -2.36. The maximum atomic E-state index is 13.2. The van der Waals surface area contributed by atoms with Gasteiger partial charge in [0.1, 0.15) is 12.7 Å². The van der Waals surface area contributed by atoms with E-state index in [1.807, 2.05) is 15.6 Å². The summed E-state index contributed by atoms with van der Waals surface area (Å²) in [5, 5.41) is 4.26. The molecule has 0 bridgehead atoms. The van der Waals surface area contributed by atoms with Gasteiger partial charge in [0.05, 0.1) is 12.1 Å². The topological polar surface area (TPSA) is 54.3 Å². The van der Waals surface area contributed by atoms with Gasteiger partial charge in [-0.2, -0.15) is 5.10 Å². The molecule has 6 nitrogen and oxygen atoms in total. The second-order valence-corrected chi connectivity index (χ2v) is 7.07. The molecule has 2 aromatic rings. The van der Waals surface area contributed by atoms with Gasteiger partial charge < -0.3 is 4.90 Å². The third-order valence-electron chi connectivity index (χ3n) is 5.40. The quantitative estimate of drug-likeness (QED) is 0.856. The zero-order valence-electron chi connectivity index (χ0n) is 14.5. The van der Waals surface area contributed by atoms with Crippen molar-refractivity contribution in [1.82, 2.24) is 24.6 Å². The first-order valence-electron chi connectivity index (χ1n) is 9.22. The smallest absolute Gasteiger partial charge is 0.240 e. The Hall–Kier alpha value is -2.21. The van der Waals surface area contributed by atoms with E-state index in [0.29, 0.717) is 5.91 Å². The van der Waals surface area contributed by atoms with E-state index in [1.165, 1.54) is 5.56 Å². The SMILES string of the molecule is O=C([C@H]1CCCN1Cc1ccccc1)N1CCC[C@H](n2cncn2)C1. The third kappa shape index (κ3) is 3.58. The van der Waals surface area contributed by atoms with Crippen LogP contribution in [-0.4, -0.2) is 56.1 Å². The number of aromatic nitrogens is 3. The van der Waals surface area contributed by atoms with E-state index < -0.39 is 0 Å². The molecular formula is C19H25N5O. The molecule has 4 rings (SSSR count). The molecule has 2 aliphatic rings. The molecule has 1 aromatic carbocycles.